The highest BCUT2D eigenvalue weighted by Crippen LogP contribution is 2.07. The lowest BCUT2D eigenvalue weighted by Crippen LogP contribution is -2.06. The van der Waals surface area contributed by atoms with Gasteiger partial charge in [0.05, 0.1) is 5.69 Å². The van der Waals surface area contributed by atoms with Crippen LogP contribution in [-0.4, -0.2) is 27.6 Å². The first-order chi connectivity index (χ1) is 6.17. The average molecular weight is 195 g/mol. The summed E-state index contributed by atoms with van der Waals surface area (Å²) < 4.78 is 16.6. The van der Waals surface area contributed by atoms with Gasteiger partial charge in [0.1, 0.15) is 12.4 Å². The van der Waals surface area contributed by atoms with Crippen LogP contribution in [0.1, 0.15) is 21.7 Å². The van der Waals surface area contributed by atoms with Gasteiger partial charge in [-0.15, -0.1) is 0 Å². The first-order valence-corrected chi connectivity index (χ1v) is 4.09. The fourth-order valence-electron chi connectivity index (χ4n) is 0.973. The molecule has 0 amide bonds. The van der Waals surface area contributed by atoms with Crippen molar-refractivity contribution in [3.63, 3.8) is 0 Å². The van der Waals surface area contributed by atoms with E-state index < -0.39 is 12.6 Å². The summed E-state index contributed by atoms with van der Waals surface area (Å²) in [4.78, 5) is 14.8. The number of hydrogen-bond donors (Lipinski definition) is 0. The number of carbonyl (C=O) groups is 1. The molecule has 66 valence electrons. The van der Waals surface area contributed by atoms with Gasteiger partial charge in [0.2, 0.25) is 0 Å². The van der Waals surface area contributed by atoms with Gasteiger partial charge in [-0.3, -0.25) is 0 Å². The predicted octanol–water partition coefficient (Wildman–Crippen LogP) is 1.10. The number of carbonyl (C=O) groups excluding carboxylic acids is 1. The van der Waals surface area contributed by atoms with Gasteiger partial charge in [-0.1, -0.05) is 0 Å². The van der Waals surface area contributed by atoms with E-state index in [9.17, 15) is 9.18 Å². The van der Waals surface area contributed by atoms with E-state index in [0.29, 0.717) is 0 Å². The van der Waals surface area contributed by atoms with Gasteiger partial charge in [-0.05, 0) is 24.6 Å². The molecule has 0 fully saturated rings. The molecule has 0 N–H and O–H groups in total. The van der Waals surface area contributed by atoms with Crippen molar-refractivity contribution in [3.8, 4) is 0 Å². The lowest BCUT2D eigenvalue weighted by atomic mass is 10.2. The Bertz CT molecular complexity index is 330. The molecule has 2 radical (unpaired) electrons. The zero-order valence-corrected chi connectivity index (χ0v) is 8.24. The molecule has 0 aliphatic carbocycles. The molecule has 0 unspecified atom stereocenters. The molecule has 0 spiro atoms. The van der Waals surface area contributed by atoms with Gasteiger partial charge in [-0.2, -0.15) is 0 Å². The van der Waals surface area contributed by atoms with Crippen LogP contribution in [0.15, 0.2) is 12.1 Å². The molecule has 0 bridgehead atoms. The second-order valence-electron chi connectivity index (χ2n) is 2.56. The number of rotatable bonds is 2. The van der Waals surface area contributed by atoms with Crippen LogP contribution >= 0.6 is 0 Å². The van der Waals surface area contributed by atoms with Gasteiger partial charge < -0.3 is 3.79 Å². The molecular weight excluding hydrogens is 188 g/mol. The summed E-state index contributed by atoms with van der Waals surface area (Å²) >= 11 is 1.83. The van der Waals surface area contributed by atoms with Crippen LogP contribution in [-0.2, 0) is 10.5 Å². The molecule has 1 aromatic rings. The summed E-state index contributed by atoms with van der Waals surface area (Å²) in [6.45, 7) is 1.08. The van der Waals surface area contributed by atoms with Crippen molar-refractivity contribution in [2.45, 2.75) is 13.6 Å². The van der Waals surface area contributed by atoms with Gasteiger partial charge in [-0.25, -0.2) is 14.2 Å². The number of nitrogens with zero attached hydrogens (tertiary/aromatic N) is 1. The molecule has 1 heterocycles. The topological polar surface area (TPSA) is 39.2 Å². The molecule has 0 aromatic carbocycles. The minimum absolute atomic E-state index is 0.127. The molecule has 5 heteroatoms. The summed E-state index contributed by atoms with van der Waals surface area (Å²) in [6.07, 6.45) is 0. The molecule has 0 aliphatic heterocycles. The molecule has 1 rings (SSSR count). The minimum Gasteiger partial charge on any atom is -0.623 e. The first kappa shape index (κ1) is 10.2. The quantitative estimate of drug-likeness (QED) is 0.663. The second-order valence-corrected chi connectivity index (χ2v) is 2.80. The van der Waals surface area contributed by atoms with Crippen LogP contribution in [0.25, 0.3) is 0 Å². The Morgan fingerprint density at radius 2 is 2.38 bits per heavy atom. The summed E-state index contributed by atoms with van der Waals surface area (Å²) in [5.41, 5.74) is 1.15. The third kappa shape index (κ3) is 2.51. The fraction of sp³-hybridized carbons (Fsp3) is 0.250. The van der Waals surface area contributed by atoms with Crippen molar-refractivity contribution in [1.82, 2.24) is 4.98 Å². The lowest BCUT2D eigenvalue weighted by Gasteiger charge is -2.03. The van der Waals surface area contributed by atoms with E-state index in [2.05, 4.69) is 8.77 Å². The number of halogens is 1. The third-order valence-corrected chi connectivity index (χ3v) is 1.69. The molecule has 13 heavy (non-hydrogen) atoms. The average Bonchev–Trinajstić information content (AvgIpc) is 2.15. The highest BCUT2D eigenvalue weighted by atomic mass is 27.1. The van der Waals surface area contributed by atoms with Crippen LogP contribution < -0.4 is 0 Å². The predicted molar refractivity (Wildman–Crippen MR) is 45.0 cm³/mol. The standard InChI is InChI=1S/C8H8FNO2.Al/c1-5-2-6(4-9)10-7(3-5)8(11)12;/h2-3H,4H2,1H3,(H,11,12);/q;+1/p-1. The highest BCUT2D eigenvalue weighted by molar-refractivity contribution is 6.08. The van der Waals surface area contributed by atoms with E-state index in [4.69, 9.17) is 0 Å². The van der Waals surface area contributed by atoms with Crippen molar-refractivity contribution in [1.29, 1.82) is 0 Å². The number of aromatic nitrogens is 1. The molecular formula is C8H7AlFNO2. The van der Waals surface area contributed by atoms with Gasteiger partial charge in [0.15, 0.2) is 0 Å². The SMILES string of the molecule is Cc1cc(CF)nc(C(=O)[O][Al])c1. The van der Waals surface area contributed by atoms with Crippen LogP contribution in [0.5, 0.6) is 0 Å². The Hall–Kier alpha value is -0.918. The van der Waals surface area contributed by atoms with Gasteiger partial charge >= 0.3 is 22.6 Å². The van der Waals surface area contributed by atoms with E-state index in [0.717, 1.165) is 5.56 Å². The van der Waals surface area contributed by atoms with Crippen molar-refractivity contribution in [3.05, 3.63) is 29.1 Å². The van der Waals surface area contributed by atoms with Crippen molar-refractivity contribution < 1.29 is 13.0 Å². The Labute approximate surface area is 83.7 Å². The Balaban J connectivity index is 3.08. The van der Waals surface area contributed by atoms with Crippen LogP contribution in [0.3, 0.4) is 0 Å². The summed E-state index contributed by atoms with van der Waals surface area (Å²) in [7, 11) is 0. The Morgan fingerprint density at radius 3 is 2.92 bits per heavy atom. The monoisotopic (exact) mass is 195 g/mol. The summed E-state index contributed by atoms with van der Waals surface area (Å²) in [5, 5.41) is 0. The number of pyridine rings is 1. The Kier molecular flexibility index (Phi) is 3.41. The van der Waals surface area contributed by atoms with E-state index in [1.165, 1.54) is 0 Å². The maximum Gasteiger partial charge on any atom is 0.485 e. The van der Waals surface area contributed by atoms with Crippen LogP contribution in [0, 0.1) is 6.92 Å². The smallest absolute Gasteiger partial charge is 0.485 e. The highest BCUT2D eigenvalue weighted by Gasteiger charge is 2.07. The zero-order valence-electron chi connectivity index (χ0n) is 7.08. The molecule has 0 saturated heterocycles. The Morgan fingerprint density at radius 1 is 1.69 bits per heavy atom. The van der Waals surface area contributed by atoms with Crippen LogP contribution in [0.4, 0.5) is 4.39 Å². The molecule has 0 saturated carbocycles. The second kappa shape index (κ2) is 4.36. The fourth-order valence-corrected chi connectivity index (χ4v) is 1.09. The van der Waals surface area contributed by atoms with Crippen molar-refractivity contribution >= 4 is 22.6 Å². The lowest BCUT2D eigenvalue weighted by molar-refractivity contribution is 0.0743. The minimum atomic E-state index is -0.682. The number of aryl methyl sites for hydroxylation is 1. The number of hydrogen-bond acceptors (Lipinski definition) is 3. The third-order valence-electron chi connectivity index (χ3n) is 1.48. The van der Waals surface area contributed by atoms with E-state index >= 15 is 0 Å². The first-order valence-electron chi connectivity index (χ1n) is 3.62. The summed E-state index contributed by atoms with van der Waals surface area (Å²) in [6, 6.07) is 3.13. The van der Waals surface area contributed by atoms with E-state index in [1.54, 1.807) is 19.1 Å². The van der Waals surface area contributed by atoms with Gasteiger partial charge in [0, 0.05) is 0 Å². The molecule has 3 nitrogen and oxygen atoms in total. The van der Waals surface area contributed by atoms with Crippen molar-refractivity contribution in [2.24, 2.45) is 0 Å². The van der Waals surface area contributed by atoms with E-state index in [1.807, 2.05) is 16.6 Å². The summed E-state index contributed by atoms with van der Waals surface area (Å²) in [5.74, 6) is -0.580. The largest absolute Gasteiger partial charge is 0.623 e. The molecule has 0 aliphatic rings. The van der Waals surface area contributed by atoms with Crippen LogP contribution in [0.2, 0.25) is 0 Å². The van der Waals surface area contributed by atoms with E-state index in [-0.39, 0.29) is 11.4 Å². The molecule has 0 atom stereocenters. The maximum atomic E-state index is 12.2. The zero-order chi connectivity index (χ0) is 9.84. The normalized spacial score (nSPS) is 9.69. The van der Waals surface area contributed by atoms with Gasteiger partial charge in [0.25, 0.3) is 0 Å². The number of alkyl halides is 1. The molecule has 1 aromatic heterocycles. The van der Waals surface area contributed by atoms with Crippen molar-refractivity contribution in [2.75, 3.05) is 0 Å². The maximum absolute atomic E-state index is 12.2.